The zero-order chi connectivity index (χ0) is 36.8. The molecule has 49 heavy (non-hydrogen) atoms. The van der Waals surface area contributed by atoms with E-state index in [0.29, 0.717) is 60.9 Å². The topological polar surface area (TPSA) is 139 Å². The van der Waals surface area contributed by atoms with Gasteiger partial charge in [-0.3, -0.25) is 14.9 Å². The van der Waals surface area contributed by atoms with E-state index in [-0.39, 0.29) is 23.8 Å². The van der Waals surface area contributed by atoms with Crippen LogP contribution in [0.2, 0.25) is 0 Å². The lowest BCUT2D eigenvalue weighted by atomic mass is 9.97. The highest BCUT2D eigenvalue weighted by Gasteiger charge is 2.21. The Kier molecular flexibility index (Phi) is 21.1. The van der Waals surface area contributed by atoms with Gasteiger partial charge >= 0.3 is 18.1 Å². The molecule has 272 valence electrons. The van der Waals surface area contributed by atoms with Crippen molar-refractivity contribution in [1.29, 1.82) is 0 Å². The van der Waals surface area contributed by atoms with E-state index in [1.54, 1.807) is 33.1 Å². The van der Waals surface area contributed by atoms with E-state index in [0.717, 1.165) is 49.1 Å². The number of nitro benzene ring substituents is 1. The first-order chi connectivity index (χ1) is 23.3. The normalized spacial score (nSPS) is 11.8. The summed E-state index contributed by atoms with van der Waals surface area (Å²) in [5.74, 6) is 1.26. The summed E-state index contributed by atoms with van der Waals surface area (Å²) in [4.78, 5) is 44.4. The van der Waals surface area contributed by atoms with Gasteiger partial charge in [-0.25, -0.2) is 4.79 Å². The second-order valence-electron chi connectivity index (χ2n) is 13.3. The molecule has 0 saturated heterocycles. The van der Waals surface area contributed by atoms with Gasteiger partial charge in [-0.15, -0.1) is 0 Å². The average molecular weight is 684 g/mol. The monoisotopic (exact) mass is 683 g/mol. The first-order valence-corrected chi connectivity index (χ1v) is 17.4. The van der Waals surface area contributed by atoms with Crippen LogP contribution in [-0.4, -0.2) is 42.5 Å². The van der Waals surface area contributed by atoms with E-state index < -0.39 is 10.9 Å². The van der Waals surface area contributed by atoms with Gasteiger partial charge in [-0.2, -0.15) is 0 Å². The molecule has 0 aliphatic carbocycles. The Morgan fingerprint density at radius 2 is 1.49 bits per heavy atom. The van der Waals surface area contributed by atoms with Crippen molar-refractivity contribution >= 4 is 29.6 Å². The maximum absolute atomic E-state index is 12.2. The number of rotatable bonds is 21. The van der Waals surface area contributed by atoms with Crippen LogP contribution in [0.3, 0.4) is 0 Å². The van der Waals surface area contributed by atoms with Crippen molar-refractivity contribution in [2.45, 2.75) is 113 Å². The number of hydrogen-bond acceptors (Lipinski definition) is 10. The summed E-state index contributed by atoms with van der Waals surface area (Å²) in [5, 5.41) is 20.2. The van der Waals surface area contributed by atoms with Crippen LogP contribution in [0, 0.1) is 27.9 Å². The second kappa shape index (κ2) is 24.1. The summed E-state index contributed by atoms with van der Waals surface area (Å²) in [6.07, 6.45) is 7.10. The Hall–Kier alpha value is -4.12. The van der Waals surface area contributed by atoms with Crippen molar-refractivity contribution in [1.82, 2.24) is 0 Å². The smallest absolute Gasteiger partial charge is 0.337 e. The third kappa shape index (κ3) is 17.2. The molecule has 2 aromatic rings. The first-order valence-electron chi connectivity index (χ1n) is 17.4. The number of nitro groups is 1. The molecule has 0 fully saturated rings. The standard InChI is InChI=1S/C34H47N3O8.C4H10/c1-7-8-14-30(36-45-34(39)25(4)5)26-16-18-32(28(21-26)13-10-9-12-24(2)3)44-33-19-17-27(22-31(33)37(40)41)29(35-43-23-38)15-11-20-42-6;1-4(2)3/h16-19,21-25H,7-15,20H2,1-6H3;4H,1-3H3/b35-29+,36-30+;. The molecule has 11 nitrogen and oxygen atoms in total. The maximum atomic E-state index is 12.2. The minimum absolute atomic E-state index is 0.0678. The summed E-state index contributed by atoms with van der Waals surface area (Å²) < 4.78 is 11.3. The largest absolute Gasteiger partial charge is 0.450 e. The fourth-order valence-electron chi connectivity index (χ4n) is 4.47. The summed E-state index contributed by atoms with van der Waals surface area (Å²) in [5.41, 5.74) is 2.90. The molecule has 0 saturated carbocycles. The molecule has 0 bridgehead atoms. The van der Waals surface area contributed by atoms with Gasteiger partial charge < -0.3 is 19.1 Å². The Bertz CT molecular complexity index is 1370. The number of carbonyl (C=O) groups is 2. The molecule has 2 rings (SSSR count). The number of nitrogens with zero attached hydrogens (tertiary/aromatic N) is 3. The minimum atomic E-state index is -0.512. The molecular formula is C38H57N3O8. The lowest BCUT2D eigenvalue weighted by Crippen LogP contribution is -2.11. The highest BCUT2D eigenvalue weighted by Crippen LogP contribution is 2.35. The Morgan fingerprint density at radius 3 is 2.06 bits per heavy atom. The molecule has 11 heteroatoms. The van der Waals surface area contributed by atoms with E-state index >= 15 is 0 Å². The van der Waals surface area contributed by atoms with Gasteiger partial charge in [-0.05, 0) is 91.8 Å². The number of oxime groups is 2. The lowest BCUT2D eigenvalue weighted by molar-refractivity contribution is -0.385. The molecule has 0 aliphatic heterocycles. The van der Waals surface area contributed by atoms with Crippen molar-refractivity contribution in [2.75, 3.05) is 13.7 Å². The van der Waals surface area contributed by atoms with E-state index in [2.05, 4.69) is 56.7 Å². The quantitative estimate of drug-likeness (QED) is 0.0316. The van der Waals surface area contributed by atoms with Crippen LogP contribution in [0.4, 0.5) is 5.69 Å². The number of aryl methyl sites for hydroxylation is 1. The van der Waals surface area contributed by atoms with Crippen molar-refractivity contribution in [3.63, 3.8) is 0 Å². The summed E-state index contributed by atoms with van der Waals surface area (Å²) in [6.45, 7) is 17.1. The fourth-order valence-corrected chi connectivity index (χ4v) is 4.47. The van der Waals surface area contributed by atoms with Gasteiger partial charge in [0.25, 0.3) is 0 Å². The Morgan fingerprint density at radius 1 is 0.878 bits per heavy atom. The third-order valence-corrected chi connectivity index (χ3v) is 7.03. The number of methoxy groups -OCH3 is 1. The zero-order valence-corrected chi connectivity index (χ0v) is 31.0. The molecular weight excluding hydrogens is 626 g/mol. The van der Waals surface area contributed by atoms with Crippen LogP contribution < -0.4 is 4.74 Å². The molecule has 0 heterocycles. The van der Waals surface area contributed by atoms with Crippen molar-refractivity contribution in [3.8, 4) is 11.5 Å². The van der Waals surface area contributed by atoms with Gasteiger partial charge in [0.05, 0.1) is 22.3 Å². The number of ether oxygens (including phenoxy) is 2. The second-order valence-corrected chi connectivity index (χ2v) is 13.3. The van der Waals surface area contributed by atoms with E-state index in [4.69, 9.17) is 14.3 Å². The van der Waals surface area contributed by atoms with Crippen LogP contribution in [0.5, 0.6) is 11.5 Å². The van der Waals surface area contributed by atoms with E-state index in [1.165, 1.54) is 12.1 Å². The van der Waals surface area contributed by atoms with Crippen molar-refractivity contribution < 1.29 is 33.7 Å². The van der Waals surface area contributed by atoms with Gasteiger partial charge in [0.15, 0.2) is 0 Å². The van der Waals surface area contributed by atoms with E-state index in [9.17, 15) is 19.7 Å². The third-order valence-electron chi connectivity index (χ3n) is 7.03. The summed E-state index contributed by atoms with van der Waals surface area (Å²) in [7, 11) is 1.57. The Balaban J connectivity index is 0.00000283. The fraction of sp³-hybridized carbons (Fsp3) is 0.579. The molecule has 0 radical (unpaired) electrons. The highest BCUT2D eigenvalue weighted by atomic mass is 16.7. The maximum Gasteiger partial charge on any atom is 0.337 e. The van der Waals surface area contributed by atoms with Gasteiger partial charge in [-0.1, -0.05) is 85.0 Å². The first kappa shape index (κ1) is 42.9. The van der Waals surface area contributed by atoms with Crippen LogP contribution >= 0.6 is 0 Å². The minimum Gasteiger partial charge on any atom is -0.450 e. The van der Waals surface area contributed by atoms with Crippen LogP contribution in [0.1, 0.15) is 123 Å². The molecule has 0 unspecified atom stereocenters. The number of unbranched alkanes of at least 4 members (excludes halogenated alkanes) is 2. The Labute approximate surface area is 292 Å². The number of carbonyl (C=O) groups excluding carboxylic acids is 2. The molecule has 0 N–H and O–H groups in total. The average Bonchev–Trinajstić information content (AvgIpc) is 3.05. The van der Waals surface area contributed by atoms with Crippen molar-refractivity contribution in [2.24, 2.45) is 28.1 Å². The summed E-state index contributed by atoms with van der Waals surface area (Å²) in [6, 6.07) is 10.1. The lowest BCUT2D eigenvalue weighted by Gasteiger charge is -2.15. The van der Waals surface area contributed by atoms with Crippen LogP contribution in [-0.2, 0) is 30.4 Å². The zero-order valence-electron chi connectivity index (χ0n) is 31.0. The van der Waals surface area contributed by atoms with Crippen LogP contribution in [0.15, 0.2) is 46.7 Å². The summed E-state index contributed by atoms with van der Waals surface area (Å²) >= 11 is 0. The van der Waals surface area contributed by atoms with Crippen LogP contribution in [0.25, 0.3) is 0 Å². The van der Waals surface area contributed by atoms with Crippen molar-refractivity contribution in [3.05, 3.63) is 63.2 Å². The SMILES string of the molecule is CC(C)C.CCCC/C(=N\OC(=O)C(C)C)c1ccc(Oc2ccc(/C(CCCOC)=N/OC=O)cc2[N+](=O)[O-])c(CCCCC(C)C)c1. The highest BCUT2D eigenvalue weighted by molar-refractivity contribution is 6.01. The van der Waals surface area contributed by atoms with E-state index in [1.807, 2.05) is 12.1 Å². The predicted octanol–water partition coefficient (Wildman–Crippen LogP) is 9.82. The molecule has 2 aromatic carbocycles. The van der Waals surface area contributed by atoms with Gasteiger partial charge in [0.2, 0.25) is 5.75 Å². The molecule has 0 aromatic heterocycles. The predicted molar refractivity (Wildman–Crippen MR) is 194 cm³/mol. The van der Waals surface area contributed by atoms with Gasteiger partial charge in [0.1, 0.15) is 5.75 Å². The number of benzene rings is 2. The molecule has 0 atom stereocenters. The molecule has 0 aliphatic rings. The number of hydrogen-bond donors (Lipinski definition) is 0. The molecule has 0 spiro atoms. The van der Waals surface area contributed by atoms with Gasteiger partial charge in [0, 0.05) is 25.3 Å². The molecule has 0 amide bonds.